The summed E-state index contributed by atoms with van der Waals surface area (Å²) in [6.07, 6.45) is 5.62. The fourth-order valence-electron chi connectivity index (χ4n) is 2.06. The van der Waals surface area contributed by atoms with Gasteiger partial charge in [0.05, 0.1) is 10.6 Å². The van der Waals surface area contributed by atoms with Crippen LogP contribution < -0.4 is 4.74 Å². The predicted molar refractivity (Wildman–Crippen MR) is 109 cm³/mol. The van der Waals surface area contributed by atoms with Crippen LogP contribution in [0.15, 0.2) is 81.1 Å². The molecular weight excluding hydrogens is 394 g/mol. The molecule has 0 spiro atoms. The Balaban J connectivity index is 1.48. The van der Waals surface area contributed by atoms with Gasteiger partial charge in [0, 0.05) is 23.4 Å². The van der Waals surface area contributed by atoms with E-state index in [1.807, 2.05) is 31.2 Å². The number of oxime groups is 1. The Kier molecular flexibility index (Phi) is 6.85. The van der Waals surface area contributed by atoms with Crippen molar-refractivity contribution >= 4 is 35.9 Å². The van der Waals surface area contributed by atoms with E-state index in [0.29, 0.717) is 10.8 Å². The topological polar surface area (TPSA) is 112 Å². The lowest BCUT2D eigenvalue weighted by Gasteiger charge is -2.01. The maximum atomic E-state index is 10.9. The first kappa shape index (κ1) is 20.0. The highest BCUT2D eigenvalue weighted by Gasteiger charge is 2.12. The Morgan fingerprint density at radius 1 is 1.07 bits per heavy atom. The SMILES string of the molecule is Cc1cnc(Sc2ccc(/N=C/O/N=C/Oc3ccccc3[N+](=O)[O-])cc2)nc1. The van der Waals surface area contributed by atoms with Crippen LogP contribution in [0.25, 0.3) is 0 Å². The molecule has 0 saturated carbocycles. The number of benzene rings is 2. The molecule has 0 N–H and O–H groups in total. The molecule has 3 rings (SSSR count). The molecule has 1 heterocycles. The molecule has 0 atom stereocenters. The van der Waals surface area contributed by atoms with Gasteiger partial charge in [0.15, 0.2) is 5.16 Å². The Morgan fingerprint density at radius 2 is 1.79 bits per heavy atom. The first-order valence-electron chi connectivity index (χ1n) is 8.28. The van der Waals surface area contributed by atoms with Crippen molar-refractivity contribution in [1.82, 2.24) is 9.97 Å². The van der Waals surface area contributed by atoms with Gasteiger partial charge >= 0.3 is 5.69 Å². The summed E-state index contributed by atoms with van der Waals surface area (Å²) in [4.78, 5) is 28.7. The van der Waals surface area contributed by atoms with E-state index >= 15 is 0 Å². The van der Waals surface area contributed by atoms with Crippen LogP contribution in [0.3, 0.4) is 0 Å². The highest BCUT2D eigenvalue weighted by molar-refractivity contribution is 7.99. The lowest BCUT2D eigenvalue weighted by molar-refractivity contribution is -0.385. The Bertz CT molecular complexity index is 1020. The third-order valence-corrected chi connectivity index (χ3v) is 4.30. The first-order valence-corrected chi connectivity index (χ1v) is 9.10. The first-order chi connectivity index (χ1) is 14.1. The molecular formula is C19H15N5O4S. The molecule has 146 valence electrons. The predicted octanol–water partition coefficient (Wildman–Crippen LogP) is 4.54. The number of para-hydroxylation sites is 2. The maximum absolute atomic E-state index is 10.9. The fourth-order valence-corrected chi connectivity index (χ4v) is 2.76. The average Bonchev–Trinajstić information content (AvgIpc) is 2.73. The minimum absolute atomic E-state index is 0.0624. The van der Waals surface area contributed by atoms with Crippen molar-refractivity contribution in [3.05, 3.63) is 76.6 Å². The van der Waals surface area contributed by atoms with E-state index in [4.69, 9.17) is 9.57 Å². The van der Waals surface area contributed by atoms with E-state index in [1.165, 1.54) is 23.9 Å². The van der Waals surface area contributed by atoms with Crippen LogP contribution in [-0.2, 0) is 4.84 Å². The van der Waals surface area contributed by atoms with Gasteiger partial charge in [0.1, 0.15) is 0 Å². The van der Waals surface area contributed by atoms with Crippen molar-refractivity contribution in [2.45, 2.75) is 17.0 Å². The zero-order valence-electron chi connectivity index (χ0n) is 15.2. The Hall–Kier alpha value is -3.79. The minimum atomic E-state index is -0.543. The quantitative estimate of drug-likeness (QED) is 0.176. The minimum Gasteiger partial charge on any atom is -0.435 e. The average molecular weight is 409 g/mol. The number of hydrogen-bond donors (Lipinski definition) is 0. The monoisotopic (exact) mass is 409 g/mol. The highest BCUT2D eigenvalue weighted by atomic mass is 32.2. The number of aromatic nitrogens is 2. The molecule has 0 aliphatic carbocycles. The van der Waals surface area contributed by atoms with Crippen molar-refractivity contribution in [3.63, 3.8) is 0 Å². The van der Waals surface area contributed by atoms with Crippen LogP contribution in [0, 0.1) is 17.0 Å². The summed E-state index contributed by atoms with van der Waals surface area (Å²) in [6.45, 7) is 1.94. The molecule has 0 aliphatic heterocycles. The molecule has 2 aromatic carbocycles. The molecule has 3 aromatic rings. The number of nitro groups is 1. The number of hydrogen-bond acceptors (Lipinski definition) is 9. The van der Waals surface area contributed by atoms with Crippen molar-refractivity contribution < 1.29 is 14.5 Å². The normalized spacial score (nSPS) is 11.1. The van der Waals surface area contributed by atoms with Gasteiger partial charge in [-0.2, -0.15) is 0 Å². The van der Waals surface area contributed by atoms with Crippen LogP contribution in [-0.4, -0.2) is 27.7 Å². The number of aryl methyl sites for hydroxylation is 1. The van der Waals surface area contributed by atoms with Gasteiger partial charge in [-0.25, -0.2) is 15.0 Å². The summed E-state index contributed by atoms with van der Waals surface area (Å²) >= 11 is 1.45. The zero-order valence-corrected chi connectivity index (χ0v) is 16.0. The van der Waals surface area contributed by atoms with E-state index < -0.39 is 4.92 Å². The van der Waals surface area contributed by atoms with Gasteiger partial charge in [-0.3, -0.25) is 10.1 Å². The van der Waals surface area contributed by atoms with E-state index in [9.17, 15) is 10.1 Å². The number of rotatable bonds is 8. The molecule has 0 aliphatic rings. The summed E-state index contributed by atoms with van der Waals surface area (Å²) in [5, 5.41) is 15.1. The van der Waals surface area contributed by atoms with Gasteiger partial charge in [0.25, 0.3) is 0 Å². The van der Waals surface area contributed by atoms with Crippen LogP contribution in [0.5, 0.6) is 5.75 Å². The van der Waals surface area contributed by atoms with Gasteiger partial charge in [-0.05, 0) is 59.7 Å². The fraction of sp³-hybridized carbons (Fsp3) is 0.0526. The molecule has 1 aromatic heterocycles. The molecule has 29 heavy (non-hydrogen) atoms. The third kappa shape index (κ3) is 6.11. The largest absolute Gasteiger partial charge is 0.435 e. The summed E-state index contributed by atoms with van der Waals surface area (Å²) in [5.41, 5.74) is 1.50. The second-order valence-corrected chi connectivity index (χ2v) is 6.57. The summed E-state index contributed by atoms with van der Waals surface area (Å²) in [7, 11) is 0. The lowest BCUT2D eigenvalue weighted by Crippen LogP contribution is -1.96. The van der Waals surface area contributed by atoms with Crippen LogP contribution in [0.4, 0.5) is 11.4 Å². The van der Waals surface area contributed by atoms with Gasteiger partial charge in [-0.15, -0.1) is 0 Å². The highest BCUT2D eigenvalue weighted by Crippen LogP contribution is 2.26. The summed E-state index contributed by atoms with van der Waals surface area (Å²) in [5.74, 6) is 0.0624. The molecule has 0 saturated heterocycles. The van der Waals surface area contributed by atoms with Crippen molar-refractivity contribution in [1.29, 1.82) is 0 Å². The summed E-state index contributed by atoms with van der Waals surface area (Å²) < 4.78 is 5.10. The molecule has 9 nitrogen and oxygen atoms in total. The third-order valence-electron chi connectivity index (χ3n) is 3.40. The smallest absolute Gasteiger partial charge is 0.311 e. The zero-order chi connectivity index (χ0) is 20.5. The summed E-state index contributed by atoms with van der Waals surface area (Å²) in [6, 6.07) is 13.4. The molecule has 0 unspecified atom stereocenters. The van der Waals surface area contributed by atoms with E-state index in [2.05, 4.69) is 20.1 Å². The van der Waals surface area contributed by atoms with E-state index in [1.54, 1.807) is 24.5 Å². The molecule has 0 radical (unpaired) electrons. The lowest BCUT2D eigenvalue weighted by atomic mass is 10.3. The van der Waals surface area contributed by atoms with E-state index in [0.717, 1.165) is 23.3 Å². The Morgan fingerprint density at radius 3 is 2.52 bits per heavy atom. The van der Waals surface area contributed by atoms with Crippen LogP contribution in [0.2, 0.25) is 0 Å². The Labute approximate surface area is 170 Å². The number of aliphatic imine (C=N–C) groups is 1. The van der Waals surface area contributed by atoms with Gasteiger partial charge < -0.3 is 9.57 Å². The van der Waals surface area contributed by atoms with Crippen molar-refractivity contribution in [2.24, 2.45) is 10.1 Å². The molecule has 0 amide bonds. The van der Waals surface area contributed by atoms with Gasteiger partial charge in [-0.1, -0.05) is 12.1 Å². The standard InChI is InChI=1S/C19H15N5O4S/c1-14-10-20-19(21-11-14)29-16-8-6-15(7-9-16)22-12-28-23-13-27-18-5-3-2-4-17(18)24(25)26/h2-13H,1H3/b22-12+,23-13+. The second-order valence-electron chi connectivity index (χ2n) is 5.53. The number of nitrogens with zero attached hydrogens (tertiary/aromatic N) is 5. The van der Waals surface area contributed by atoms with Crippen LogP contribution >= 0.6 is 11.8 Å². The van der Waals surface area contributed by atoms with Gasteiger partial charge in [0.2, 0.25) is 18.6 Å². The molecule has 10 heteroatoms. The number of ether oxygens (including phenoxy) is 1. The second kappa shape index (κ2) is 9.95. The number of nitro benzene ring substituents is 1. The molecule has 0 fully saturated rings. The molecule has 0 bridgehead atoms. The van der Waals surface area contributed by atoms with Crippen molar-refractivity contribution in [3.8, 4) is 5.75 Å². The maximum Gasteiger partial charge on any atom is 0.311 e. The van der Waals surface area contributed by atoms with Crippen LogP contribution in [0.1, 0.15) is 5.56 Å². The van der Waals surface area contributed by atoms with Crippen molar-refractivity contribution in [2.75, 3.05) is 0 Å². The van der Waals surface area contributed by atoms with E-state index in [-0.39, 0.29) is 11.4 Å².